The van der Waals surface area contributed by atoms with Gasteiger partial charge in [0, 0.05) is 31.0 Å². The minimum atomic E-state index is -0.299. The van der Waals surface area contributed by atoms with Crippen molar-refractivity contribution >= 4 is 75.1 Å². The van der Waals surface area contributed by atoms with Gasteiger partial charge in [-0.25, -0.2) is 8.78 Å². The molecule has 1 saturated heterocycles. The number of hydrogen-bond donors (Lipinski definition) is 0. The van der Waals surface area contributed by atoms with Crippen LogP contribution in [0.3, 0.4) is 0 Å². The van der Waals surface area contributed by atoms with Crippen LogP contribution in [0.15, 0.2) is 42.2 Å². The Bertz CT molecular complexity index is 660. The molecular formula is C15H10Br4F2N2. The molecule has 1 aliphatic rings. The Morgan fingerprint density at radius 2 is 0.957 bits per heavy atom. The number of anilines is 2. The van der Waals surface area contributed by atoms with Crippen LogP contribution in [-0.4, -0.2) is 19.8 Å². The highest BCUT2D eigenvalue weighted by molar-refractivity contribution is 9.11. The molecule has 0 bridgehead atoms. The van der Waals surface area contributed by atoms with Crippen molar-refractivity contribution in [3.05, 3.63) is 53.8 Å². The van der Waals surface area contributed by atoms with E-state index in [2.05, 4.69) is 73.5 Å². The normalized spacial score (nSPS) is 14.7. The van der Waals surface area contributed by atoms with Gasteiger partial charge in [0.2, 0.25) is 0 Å². The molecule has 2 aromatic carbocycles. The fourth-order valence-electron chi connectivity index (χ4n) is 2.63. The van der Waals surface area contributed by atoms with Crippen molar-refractivity contribution < 1.29 is 8.78 Å². The summed E-state index contributed by atoms with van der Waals surface area (Å²) < 4.78 is 29.7. The van der Waals surface area contributed by atoms with Crippen molar-refractivity contribution in [2.75, 3.05) is 29.6 Å². The Morgan fingerprint density at radius 1 is 0.652 bits per heavy atom. The van der Waals surface area contributed by atoms with Crippen molar-refractivity contribution in [3.63, 3.8) is 0 Å². The van der Waals surface area contributed by atoms with Gasteiger partial charge in [-0.3, -0.25) is 0 Å². The van der Waals surface area contributed by atoms with Gasteiger partial charge in [-0.2, -0.15) is 0 Å². The molecule has 2 nitrogen and oxygen atoms in total. The van der Waals surface area contributed by atoms with E-state index in [1.54, 1.807) is 0 Å². The predicted molar refractivity (Wildman–Crippen MR) is 103 cm³/mol. The van der Waals surface area contributed by atoms with Crippen LogP contribution in [0.5, 0.6) is 0 Å². The summed E-state index contributed by atoms with van der Waals surface area (Å²) in [5.41, 5.74) is 1.81. The highest BCUT2D eigenvalue weighted by Crippen LogP contribution is 2.40. The van der Waals surface area contributed by atoms with E-state index >= 15 is 0 Å². The quantitative estimate of drug-likeness (QED) is 0.415. The van der Waals surface area contributed by atoms with Gasteiger partial charge in [-0.15, -0.1) is 0 Å². The summed E-state index contributed by atoms with van der Waals surface area (Å²) in [5, 5.41) is 0. The number of nitrogens with zero attached hydrogens (tertiary/aromatic N) is 2. The van der Waals surface area contributed by atoms with Crippen LogP contribution >= 0.6 is 63.7 Å². The fourth-order valence-corrected chi connectivity index (χ4v) is 5.89. The summed E-state index contributed by atoms with van der Waals surface area (Å²) in [6.45, 7) is 2.17. The first-order valence-corrected chi connectivity index (χ1v) is 9.83. The molecule has 0 aromatic heterocycles. The molecule has 1 fully saturated rings. The summed E-state index contributed by atoms with van der Waals surface area (Å²) in [5.74, 6) is -0.597. The molecule has 0 spiro atoms. The van der Waals surface area contributed by atoms with Crippen molar-refractivity contribution in [1.82, 2.24) is 0 Å². The predicted octanol–water partition coefficient (Wildman–Crippen LogP) is 6.30. The summed E-state index contributed by atoms with van der Waals surface area (Å²) in [6.07, 6.45) is 0. The van der Waals surface area contributed by atoms with E-state index in [0.29, 0.717) is 24.6 Å². The third kappa shape index (κ3) is 3.60. The van der Waals surface area contributed by atoms with Crippen LogP contribution in [0.1, 0.15) is 0 Å². The molecule has 1 heterocycles. The van der Waals surface area contributed by atoms with Gasteiger partial charge in [-0.05, 0) is 88.0 Å². The summed E-state index contributed by atoms with van der Waals surface area (Å²) in [6, 6.07) is 5.80. The average molecular weight is 576 g/mol. The summed E-state index contributed by atoms with van der Waals surface area (Å²) in [4.78, 5) is 4.27. The molecule has 0 saturated carbocycles. The van der Waals surface area contributed by atoms with E-state index in [1.165, 1.54) is 24.3 Å². The monoisotopic (exact) mass is 572 g/mol. The van der Waals surface area contributed by atoms with E-state index in [0.717, 1.165) is 24.5 Å². The molecule has 0 unspecified atom stereocenters. The van der Waals surface area contributed by atoms with E-state index < -0.39 is 0 Å². The molecule has 122 valence electrons. The first-order valence-electron chi connectivity index (χ1n) is 6.66. The zero-order chi connectivity index (χ0) is 16.7. The number of halogens is 6. The molecule has 0 amide bonds. The molecule has 0 aliphatic carbocycles. The number of hydrogen-bond acceptors (Lipinski definition) is 2. The Labute approximate surface area is 166 Å². The van der Waals surface area contributed by atoms with Crippen molar-refractivity contribution in [2.24, 2.45) is 0 Å². The van der Waals surface area contributed by atoms with Gasteiger partial charge in [0.05, 0.1) is 18.0 Å². The van der Waals surface area contributed by atoms with E-state index in [4.69, 9.17) is 0 Å². The second-order valence-corrected chi connectivity index (χ2v) is 8.52. The van der Waals surface area contributed by atoms with Crippen LogP contribution < -0.4 is 9.80 Å². The maximum atomic E-state index is 13.4. The molecule has 0 atom stereocenters. The number of rotatable bonds is 2. The second-order valence-electron chi connectivity index (χ2n) is 5.10. The Balaban J connectivity index is 1.91. The lowest BCUT2D eigenvalue weighted by Gasteiger charge is -2.24. The topological polar surface area (TPSA) is 6.48 Å². The van der Waals surface area contributed by atoms with E-state index in [1.807, 2.05) is 0 Å². The van der Waals surface area contributed by atoms with Gasteiger partial charge >= 0.3 is 0 Å². The molecule has 2 aromatic rings. The van der Waals surface area contributed by atoms with Crippen LogP contribution in [0.2, 0.25) is 0 Å². The van der Waals surface area contributed by atoms with E-state index in [9.17, 15) is 8.78 Å². The lowest BCUT2D eigenvalue weighted by atomic mass is 10.3. The molecule has 0 N–H and O–H groups in total. The molecule has 1 aliphatic heterocycles. The van der Waals surface area contributed by atoms with Gasteiger partial charge in [-0.1, -0.05) is 0 Å². The molecular weight excluding hydrogens is 566 g/mol. The lowest BCUT2D eigenvalue weighted by Crippen LogP contribution is -2.26. The minimum absolute atomic E-state index is 0.299. The average Bonchev–Trinajstić information content (AvgIpc) is 2.85. The van der Waals surface area contributed by atoms with Crippen LogP contribution in [0.4, 0.5) is 20.2 Å². The molecule has 8 heteroatoms. The van der Waals surface area contributed by atoms with Gasteiger partial charge in [0.15, 0.2) is 0 Å². The zero-order valence-corrected chi connectivity index (χ0v) is 17.9. The zero-order valence-electron chi connectivity index (χ0n) is 11.6. The Morgan fingerprint density at radius 3 is 1.26 bits per heavy atom. The lowest BCUT2D eigenvalue weighted by molar-refractivity contribution is 0.625. The first kappa shape index (κ1) is 17.6. The summed E-state index contributed by atoms with van der Waals surface area (Å²) in [7, 11) is 0. The minimum Gasteiger partial charge on any atom is -0.350 e. The van der Waals surface area contributed by atoms with Gasteiger partial charge in [0.25, 0.3) is 0 Å². The second kappa shape index (κ2) is 6.98. The summed E-state index contributed by atoms with van der Waals surface area (Å²) >= 11 is 13.7. The standard InChI is InChI=1S/C15H10Br4F2N2/c16-10-3-8(20)4-11(17)14(10)22-1-2-23(7-22)15-12(18)5-9(21)6-13(15)19/h3-6H,1-2,7H2. The van der Waals surface area contributed by atoms with Crippen molar-refractivity contribution in [2.45, 2.75) is 0 Å². The maximum absolute atomic E-state index is 13.4. The molecule has 3 rings (SSSR count). The highest BCUT2D eigenvalue weighted by atomic mass is 79.9. The molecule has 0 radical (unpaired) electrons. The SMILES string of the molecule is Fc1cc(Br)c(N2CCN(c3c(Br)cc(F)cc3Br)C2)c(Br)c1. The Kier molecular flexibility index (Phi) is 5.35. The third-order valence-electron chi connectivity index (χ3n) is 3.58. The first-order chi connectivity index (χ1) is 10.9. The van der Waals surface area contributed by atoms with Crippen molar-refractivity contribution in [3.8, 4) is 0 Å². The van der Waals surface area contributed by atoms with Crippen LogP contribution in [0.25, 0.3) is 0 Å². The highest BCUT2D eigenvalue weighted by Gasteiger charge is 2.26. The van der Waals surface area contributed by atoms with E-state index in [-0.39, 0.29) is 11.6 Å². The smallest absolute Gasteiger partial charge is 0.125 e. The van der Waals surface area contributed by atoms with Crippen LogP contribution in [0, 0.1) is 11.6 Å². The van der Waals surface area contributed by atoms with Crippen molar-refractivity contribution in [1.29, 1.82) is 0 Å². The third-order valence-corrected chi connectivity index (χ3v) is 5.99. The Hall–Kier alpha value is -0.180. The molecule has 23 heavy (non-hydrogen) atoms. The largest absolute Gasteiger partial charge is 0.350 e. The fraction of sp³-hybridized carbons (Fsp3) is 0.200. The maximum Gasteiger partial charge on any atom is 0.125 e. The van der Waals surface area contributed by atoms with Gasteiger partial charge in [0.1, 0.15) is 11.6 Å². The number of benzene rings is 2. The van der Waals surface area contributed by atoms with Crippen LogP contribution in [-0.2, 0) is 0 Å². The van der Waals surface area contributed by atoms with Gasteiger partial charge < -0.3 is 9.80 Å².